The van der Waals surface area contributed by atoms with Crippen LogP contribution in [0.15, 0.2) is 23.8 Å². The van der Waals surface area contributed by atoms with Crippen molar-refractivity contribution in [3.05, 3.63) is 23.8 Å². The quantitative estimate of drug-likeness (QED) is 0.356. The second kappa shape index (κ2) is 1.74. The summed E-state index contributed by atoms with van der Waals surface area (Å²) in [7, 11) is 0. The van der Waals surface area contributed by atoms with Crippen molar-refractivity contribution in [3.63, 3.8) is 0 Å². The van der Waals surface area contributed by atoms with Crippen molar-refractivity contribution in [2.24, 2.45) is 0 Å². The van der Waals surface area contributed by atoms with Crippen LogP contribution in [-0.2, 0) is 9.59 Å². The number of allylic oxidation sites excluding steroid dienone is 4. The molecule has 0 radical (unpaired) electrons. The second-order valence-electron chi connectivity index (χ2n) is 1.46. The Hall–Kier alpha value is -1.18. The average molecular weight is 108 g/mol. The molecule has 0 unspecified atom stereocenters. The molecule has 0 amide bonds. The Morgan fingerprint density at radius 2 is 2.25 bits per heavy atom. The predicted octanol–water partition coefficient (Wildman–Crippen LogP) is 0.251. The van der Waals surface area contributed by atoms with E-state index in [0.29, 0.717) is 6.29 Å². The summed E-state index contributed by atoms with van der Waals surface area (Å²) >= 11 is 0. The molecule has 0 aliphatic heterocycles. The largest absolute Gasteiger partial charge is 0.298 e. The van der Waals surface area contributed by atoms with E-state index in [1.165, 1.54) is 12.2 Å². The zero-order valence-electron chi connectivity index (χ0n) is 4.13. The standard InChI is InChI=1S/C6H4O2/c7-4-5-2-1-3-6(5)8/h1-4H. The summed E-state index contributed by atoms with van der Waals surface area (Å²) in [5, 5.41) is 0. The minimum Gasteiger partial charge on any atom is -0.298 e. The summed E-state index contributed by atoms with van der Waals surface area (Å²) in [6.45, 7) is 0. The fourth-order valence-corrected chi connectivity index (χ4v) is 0.515. The molecule has 2 nitrogen and oxygen atoms in total. The van der Waals surface area contributed by atoms with Gasteiger partial charge in [0, 0.05) is 0 Å². The third-order valence-corrected chi connectivity index (χ3v) is 0.935. The first-order valence-electron chi connectivity index (χ1n) is 2.22. The van der Waals surface area contributed by atoms with Crippen molar-refractivity contribution in [2.75, 3.05) is 0 Å². The Morgan fingerprint density at radius 3 is 2.50 bits per heavy atom. The maximum absolute atomic E-state index is 10.4. The van der Waals surface area contributed by atoms with Crippen LogP contribution in [0.25, 0.3) is 0 Å². The fourth-order valence-electron chi connectivity index (χ4n) is 0.515. The molecule has 1 aliphatic carbocycles. The molecule has 0 bridgehead atoms. The third-order valence-electron chi connectivity index (χ3n) is 0.935. The van der Waals surface area contributed by atoms with E-state index in [4.69, 9.17) is 0 Å². The third kappa shape index (κ3) is 0.601. The minimum atomic E-state index is -0.194. The molecule has 0 aromatic carbocycles. The molecule has 1 rings (SSSR count). The van der Waals surface area contributed by atoms with Crippen LogP contribution in [-0.4, -0.2) is 12.1 Å². The molecule has 8 heavy (non-hydrogen) atoms. The lowest BCUT2D eigenvalue weighted by Crippen LogP contribution is -1.93. The van der Waals surface area contributed by atoms with E-state index < -0.39 is 0 Å². The molecular weight excluding hydrogens is 104 g/mol. The van der Waals surface area contributed by atoms with Gasteiger partial charge >= 0.3 is 0 Å². The minimum absolute atomic E-state index is 0.194. The monoisotopic (exact) mass is 108 g/mol. The SMILES string of the molecule is O=CC1=CC=CC1=O. The number of rotatable bonds is 1. The molecule has 1 aliphatic rings. The fraction of sp³-hybridized carbons (Fsp3) is 0. The first kappa shape index (κ1) is 4.97. The van der Waals surface area contributed by atoms with E-state index in [1.54, 1.807) is 6.08 Å². The summed E-state index contributed by atoms with van der Waals surface area (Å²) in [6, 6.07) is 0. The van der Waals surface area contributed by atoms with Crippen molar-refractivity contribution in [3.8, 4) is 0 Å². The molecule has 0 N–H and O–H groups in total. The molecule has 0 aromatic heterocycles. The highest BCUT2D eigenvalue weighted by molar-refractivity contribution is 6.19. The summed E-state index contributed by atoms with van der Waals surface area (Å²) in [6.07, 6.45) is 4.98. The second-order valence-corrected chi connectivity index (χ2v) is 1.46. The van der Waals surface area contributed by atoms with E-state index in [-0.39, 0.29) is 11.4 Å². The van der Waals surface area contributed by atoms with Gasteiger partial charge < -0.3 is 0 Å². The van der Waals surface area contributed by atoms with Gasteiger partial charge in [0.05, 0.1) is 5.57 Å². The Kier molecular flexibility index (Phi) is 1.08. The van der Waals surface area contributed by atoms with Crippen molar-refractivity contribution in [1.29, 1.82) is 0 Å². The van der Waals surface area contributed by atoms with Gasteiger partial charge in [-0.25, -0.2) is 0 Å². The van der Waals surface area contributed by atoms with Gasteiger partial charge in [-0.1, -0.05) is 6.08 Å². The molecule has 0 saturated carbocycles. The van der Waals surface area contributed by atoms with Crippen LogP contribution in [0.2, 0.25) is 0 Å². The Balaban J connectivity index is 2.88. The van der Waals surface area contributed by atoms with Crippen molar-refractivity contribution in [1.82, 2.24) is 0 Å². The van der Waals surface area contributed by atoms with Crippen molar-refractivity contribution < 1.29 is 9.59 Å². The van der Waals surface area contributed by atoms with E-state index in [1.807, 2.05) is 0 Å². The van der Waals surface area contributed by atoms with Gasteiger partial charge in [0.15, 0.2) is 12.1 Å². The molecule has 0 atom stereocenters. The summed E-state index contributed by atoms with van der Waals surface area (Å²) in [5.74, 6) is -0.194. The van der Waals surface area contributed by atoms with Crippen molar-refractivity contribution >= 4 is 12.1 Å². The van der Waals surface area contributed by atoms with Gasteiger partial charge in [-0.15, -0.1) is 0 Å². The van der Waals surface area contributed by atoms with Crippen LogP contribution in [0.4, 0.5) is 0 Å². The molecule has 0 heterocycles. The zero-order chi connectivity index (χ0) is 5.98. The Bertz CT molecular complexity index is 187. The van der Waals surface area contributed by atoms with Crippen LogP contribution in [0.1, 0.15) is 0 Å². The number of carbonyl (C=O) groups is 2. The maximum Gasteiger partial charge on any atom is 0.189 e. The number of hydrogen-bond donors (Lipinski definition) is 0. The highest BCUT2D eigenvalue weighted by Crippen LogP contribution is 2.01. The van der Waals surface area contributed by atoms with Crippen molar-refractivity contribution in [2.45, 2.75) is 0 Å². The van der Waals surface area contributed by atoms with Crippen LogP contribution < -0.4 is 0 Å². The highest BCUT2D eigenvalue weighted by atomic mass is 16.1. The summed E-state index contributed by atoms with van der Waals surface area (Å²) < 4.78 is 0. The van der Waals surface area contributed by atoms with Crippen LogP contribution in [0.3, 0.4) is 0 Å². The predicted molar refractivity (Wildman–Crippen MR) is 28.3 cm³/mol. The molecule has 40 valence electrons. The van der Waals surface area contributed by atoms with E-state index in [9.17, 15) is 9.59 Å². The van der Waals surface area contributed by atoms with Crippen LogP contribution >= 0.6 is 0 Å². The lowest BCUT2D eigenvalue weighted by molar-refractivity contribution is -0.113. The molecule has 0 saturated heterocycles. The van der Waals surface area contributed by atoms with Gasteiger partial charge in [-0.2, -0.15) is 0 Å². The lowest BCUT2D eigenvalue weighted by Gasteiger charge is -1.78. The molecular formula is C6H4O2. The number of hydrogen-bond acceptors (Lipinski definition) is 2. The molecule has 0 spiro atoms. The van der Waals surface area contributed by atoms with E-state index >= 15 is 0 Å². The first-order chi connectivity index (χ1) is 3.84. The zero-order valence-corrected chi connectivity index (χ0v) is 4.13. The van der Waals surface area contributed by atoms with Gasteiger partial charge in [-0.05, 0) is 12.2 Å². The van der Waals surface area contributed by atoms with Crippen LogP contribution in [0.5, 0.6) is 0 Å². The van der Waals surface area contributed by atoms with E-state index in [2.05, 4.69) is 0 Å². The Morgan fingerprint density at radius 1 is 1.50 bits per heavy atom. The lowest BCUT2D eigenvalue weighted by atomic mass is 10.2. The maximum atomic E-state index is 10.4. The topological polar surface area (TPSA) is 34.1 Å². The van der Waals surface area contributed by atoms with Gasteiger partial charge in [0.1, 0.15) is 0 Å². The number of ketones is 1. The highest BCUT2D eigenvalue weighted by Gasteiger charge is 2.06. The molecule has 0 fully saturated rings. The molecule has 2 heteroatoms. The normalized spacial score (nSPS) is 16.5. The molecule has 0 aromatic rings. The number of carbonyl (C=O) groups excluding carboxylic acids is 2. The summed E-state index contributed by atoms with van der Waals surface area (Å²) in [5.41, 5.74) is 0.241. The van der Waals surface area contributed by atoms with Gasteiger partial charge in [0.2, 0.25) is 0 Å². The first-order valence-corrected chi connectivity index (χ1v) is 2.22. The number of aldehydes is 1. The van der Waals surface area contributed by atoms with E-state index in [0.717, 1.165) is 0 Å². The van der Waals surface area contributed by atoms with Gasteiger partial charge in [0.25, 0.3) is 0 Å². The van der Waals surface area contributed by atoms with Crippen LogP contribution in [0, 0.1) is 0 Å². The average Bonchev–Trinajstić information content (AvgIpc) is 2.14. The Labute approximate surface area is 46.5 Å². The smallest absolute Gasteiger partial charge is 0.189 e. The van der Waals surface area contributed by atoms with Gasteiger partial charge in [-0.3, -0.25) is 9.59 Å². The summed E-state index contributed by atoms with van der Waals surface area (Å²) in [4.78, 5) is 20.3.